The lowest BCUT2D eigenvalue weighted by molar-refractivity contribution is 0.528. The highest BCUT2D eigenvalue weighted by atomic mass is 28.2. The van der Waals surface area contributed by atoms with Crippen molar-refractivity contribution in [1.29, 1.82) is 0 Å². The molecule has 0 atom stereocenters. The van der Waals surface area contributed by atoms with Gasteiger partial charge in [0.1, 0.15) is 5.75 Å². The average Bonchev–Trinajstić information content (AvgIpc) is 2.08. The van der Waals surface area contributed by atoms with Crippen LogP contribution in [-0.2, 0) is 5.41 Å². The molecule has 0 aliphatic heterocycles. The third-order valence-corrected chi connectivity index (χ3v) is 3.24. The molecule has 1 aromatic carbocycles. The lowest BCUT2D eigenvalue weighted by Crippen LogP contribution is -2.16. The molecule has 0 fully saturated rings. The molecule has 0 aliphatic carbocycles. The molecule has 1 radical (unpaired) electrons. The number of benzene rings is 1. The largest absolute Gasteiger partial charge is 0.553 e. The van der Waals surface area contributed by atoms with Gasteiger partial charge in [0.25, 0.3) is 0 Å². The van der Waals surface area contributed by atoms with E-state index in [0.717, 1.165) is 21.8 Å². The van der Waals surface area contributed by atoms with E-state index in [1.807, 2.05) is 0 Å². The maximum atomic E-state index is 5.65. The quantitative estimate of drug-likeness (QED) is 0.662. The Morgan fingerprint density at radius 2 is 1.60 bits per heavy atom. The molecule has 0 spiro atoms. The summed E-state index contributed by atoms with van der Waals surface area (Å²) in [5.74, 6) is 1.05. The zero-order valence-electron chi connectivity index (χ0n) is 10.9. The first kappa shape index (κ1) is 12.3. The van der Waals surface area contributed by atoms with E-state index in [1.165, 1.54) is 16.7 Å². The number of rotatable bonds is 1. The van der Waals surface area contributed by atoms with Gasteiger partial charge in [-0.2, -0.15) is 0 Å². The van der Waals surface area contributed by atoms with Crippen molar-refractivity contribution in [2.75, 3.05) is 0 Å². The highest BCUT2D eigenvalue weighted by Crippen LogP contribution is 2.37. The first-order valence-electron chi connectivity index (χ1n) is 5.36. The summed E-state index contributed by atoms with van der Waals surface area (Å²) in [6.07, 6.45) is 0. The van der Waals surface area contributed by atoms with Crippen LogP contribution in [0.3, 0.4) is 0 Å². The Morgan fingerprint density at radius 1 is 1.07 bits per heavy atom. The highest BCUT2D eigenvalue weighted by Gasteiger charge is 2.23. The topological polar surface area (TPSA) is 9.23 Å². The van der Waals surface area contributed by atoms with Gasteiger partial charge in [0.2, 0.25) is 10.5 Å². The Bertz CT molecular complexity index is 375. The van der Waals surface area contributed by atoms with Gasteiger partial charge in [0.05, 0.1) is 0 Å². The van der Waals surface area contributed by atoms with E-state index in [2.05, 4.69) is 47.6 Å². The summed E-state index contributed by atoms with van der Waals surface area (Å²) in [4.78, 5) is 0. The molecule has 0 heterocycles. The molecule has 1 rings (SSSR count). The zero-order valence-corrected chi connectivity index (χ0v) is 12.9. The molecule has 2 heteroatoms. The Hall–Kier alpha value is -0.763. The minimum atomic E-state index is 0.133. The lowest BCUT2D eigenvalue weighted by atomic mass is 9.81. The van der Waals surface area contributed by atoms with E-state index in [0.29, 0.717) is 0 Å². The summed E-state index contributed by atoms with van der Waals surface area (Å²) in [6.45, 7) is 13.1. The van der Waals surface area contributed by atoms with Crippen LogP contribution in [0.1, 0.15) is 43.0 Å². The third-order valence-electron chi connectivity index (χ3n) is 2.83. The maximum Gasteiger partial charge on any atom is 0.204 e. The molecular weight excluding hydrogens is 200 g/mol. The second-order valence-electron chi connectivity index (χ2n) is 5.16. The molecule has 0 aromatic heterocycles. The number of hydrogen-bond donors (Lipinski definition) is 0. The SMILES string of the molecule is Cc1[c]c(C)c(O[SiH3])c(C(C)(C)C)c1C. The zero-order chi connectivity index (χ0) is 11.8. The fourth-order valence-electron chi connectivity index (χ4n) is 2.14. The van der Waals surface area contributed by atoms with Crippen molar-refractivity contribution in [3.63, 3.8) is 0 Å². The van der Waals surface area contributed by atoms with Crippen LogP contribution in [0.5, 0.6) is 5.75 Å². The summed E-state index contributed by atoms with van der Waals surface area (Å²) in [7, 11) is 0.733. The number of hydrogen-bond acceptors (Lipinski definition) is 1. The number of aryl methyl sites for hydroxylation is 2. The maximum absolute atomic E-state index is 5.65. The van der Waals surface area contributed by atoms with E-state index in [1.54, 1.807) is 0 Å². The summed E-state index contributed by atoms with van der Waals surface area (Å²) in [5.41, 5.74) is 5.16. The predicted octanol–water partition coefficient (Wildman–Crippen LogP) is 2.37. The molecule has 83 valence electrons. The minimum Gasteiger partial charge on any atom is -0.553 e. The van der Waals surface area contributed by atoms with Crippen molar-refractivity contribution in [2.24, 2.45) is 0 Å². The average molecular weight is 221 g/mol. The Balaban J connectivity index is 3.59. The molecule has 0 saturated carbocycles. The van der Waals surface area contributed by atoms with Crippen molar-refractivity contribution < 1.29 is 4.43 Å². The Morgan fingerprint density at radius 3 is 2.00 bits per heavy atom. The predicted molar refractivity (Wildman–Crippen MR) is 68.8 cm³/mol. The van der Waals surface area contributed by atoms with Crippen LogP contribution < -0.4 is 4.43 Å². The first-order valence-corrected chi connectivity index (χ1v) is 6.18. The van der Waals surface area contributed by atoms with Crippen molar-refractivity contribution in [2.45, 2.75) is 47.0 Å². The van der Waals surface area contributed by atoms with Gasteiger partial charge < -0.3 is 4.43 Å². The van der Waals surface area contributed by atoms with Gasteiger partial charge >= 0.3 is 0 Å². The fraction of sp³-hybridized carbons (Fsp3) is 0.538. The van der Waals surface area contributed by atoms with E-state index in [9.17, 15) is 0 Å². The molecule has 1 nitrogen and oxygen atoms in total. The van der Waals surface area contributed by atoms with Gasteiger partial charge in [-0.3, -0.25) is 0 Å². The van der Waals surface area contributed by atoms with Gasteiger partial charge in [-0.1, -0.05) is 20.8 Å². The van der Waals surface area contributed by atoms with Crippen LogP contribution in [0.2, 0.25) is 0 Å². The van der Waals surface area contributed by atoms with Crippen molar-refractivity contribution in [3.05, 3.63) is 28.3 Å². The van der Waals surface area contributed by atoms with E-state index in [4.69, 9.17) is 4.43 Å². The molecule has 1 aromatic rings. The molecule has 0 saturated heterocycles. The van der Waals surface area contributed by atoms with E-state index >= 15 is 0 Å². The van der Waals surface area contributed by atoms with Crippen molar-refractivity contribution in [3.8, 4) is 5.75 Å². The summed E-state index contributed by atoms with van der Waals surface area (Å²) in [6, 6.07) is 3.37. The van der Waals surface area contributed by atoms with Gasteiger partial charge in [0.15, 0.2) is 0 Å². The normalized spacial score (nSPS) is 11.9. The summed E-state index contributed by atoms with van der Waals surface area (Å²) < 4.78 is 5.65. The van der Waals surface area contributed by atoms with E-state index < -0.39 is 0 Å². The summed E-state index contributed by atoms with van der Waals surface area (Å²) in [5, 5.41) is 0. The standard InChI is InChI=1S/C13H21OSi/c1-8-7-9(2)12(14-15)11(10(8)3)13(4,5)6/h1-6,15H3. The first-order chi connectivity index (χ1) is 6.79. The smallest absolute Gasteiger partial charge is 0.204 e. The fourth-order valence-corrected chi connectivity index (χ4v) is 2.65. The third kappa shape index (κ3) is 2.25. The molecule has 15 heavy (non-hydrogen) atoms. The Labute approximate surface area is 96.4 Å². The van der Waals surface area contributed by atoms with Crippen LogP contribution in [0.25, 0.3) is 0 Å². The van der Waals surface area contributed by atoms with Crippen LogP contribution in [0.4, 0.5) is 0 Å². The second kappa shape index (κ2) is 4.01. The molecule has 0 aliphatic rings. The van der Waals surface area contributed by atoms with Crippen molar-refractivity contribution in [1.82, 2.24) is 0 Å². The van der Waals surface area contributed by atoms with Gasteiger partial charge in [-0.15, -0.1) is 0 Å². The Kier molecular flexibility index (Phi) is 3.29. The van der Waals surface area contributed by atoms with Crippen LogP contribution >= 0.6 is 0 Å². The highest BCUT2D eigenvalue weighted by molar-refractivity contribution is 6.00. The van der Waals surface area contributed by atoms with Crippen LogP contribution in [-0.4, -0.2) is 10.5 Å². The van der Waals surface area contributed by atoms with Crippen LogP contribution in [0, 0.1) is 26.8 Å². The lowest BCUT2D eigenvalue weighted by Gasteiger charge is -2.27. The van der Waals surface area contributed by atoms with Crippen molar-refractivity contribution >= 4 is 10.5 Å². The minimum absolute atomic E-state index is 0.133. The molecule has 0 unspecified atom stereocenters. The molecular formula is C13H21OSi. The molecule has 0 bridgehead atoms. The van der Waals surface area contributed by atoms with Gasteiger partial charge in [-0.05, 0) is 48.9 Å². The van der Waals surface area contributed by atoms with Crippen LogP contribution in [0.15, 0.2) is 0 Å². The summed E-state index contributed by atoms with van der Waals surface area (Å²) >= 11 is 0. The van der Waals surface area contributed by atoms with Gasteiger partial charge in [-0.25, -0.2) is 0 Å². The second-order valence-corrected chi connectivity index (χ2v) is 5.57. The van der Waals surface area contributed by atoms with Gasteiger partial charge in [0, 0.05) is 5.56 Å². The van der Waals surface area contributed by atoms with E-state index in [-0.39, 0.29) is 5.41 Å². The monoisotopic (exact) mass is 221 g/mol. The molecule has 0 N–H and O–H groups in total. The molecule has 0 amide bonds.